The van der Waals surface area contributed by atoms with Crippen LogP contribution in [0.5, 0.6) is 0 Å². The van der Waals surface area contributed by atoms with Crippen LogP contribution in [0.2, 0.25) is 0 Å². The number of aliphatic carboxylic acids is 1. The molecule has 0 spiro atoms. The molecule has 5 heteroatoms. The smallest absolute Gasteiger partial charge is 0.341 e. The molecule has 86 valence electrons. The van der Waals surface area contributed by atoms with E-state index in [2.05, 4.69) is 0 Å². The van der Waals surface area contributed by atoms with Crippen LogP contribution in [0.25, 0.3) is 0 Å². The number of carboxylic acids is 1. The van der Waals surface area contributed by atoms with Gasteiger partial charge in [-0.2, -0.15) is 0 Å². The summed E-state index contributed by atoms with van der Waals surface area (Å²) in [5, 5.41) is 8.66. The average Bonchev–Trinajstić information content (AvgIpc) is 2.25. The molecule has 0 aromatic heterocycles. The fourth-order valence-corrected chi connectivity index (χ4v) is 1.29. The highest BCUT2D eigenvalue weighted by molar-refractivity contribution is 5.86. The SMILES string of the molecule is CC(C)(C)[C@H]1OC(=O)[C@@](C)(CC(=O)O)O1. The summed E-state index contributed by atoms with van der Waals surface area (Å²) in [5.41, 5.74) is -1.71. The highest BCUT2D eigenvalue weighted by atomic mass is 16.8. The number of hydrogen-bond donors (Lipinski definition) is 1. The lowest BCUT2D eigenvalue weighted by Gasteiger charge is -2.25. The molecule has 0 saturated carbocycles. The van der Waals surface area contributed by atoms with Crippen LogP contribution in [-0.2, 0) is 19.1 Å². The Kier molecular flexibility index (Phi) is 2.78. The number of esters is 1. The molecule has 1 fully saturated rings. The van der Waals surface area contributed by atoms with Crippen molar-refractivity contribution in [3.05, 3.63) is 0 Å². The van der Waals surface area contributed by atoms with Crippen molar-refractivity contribution >= 4 is 11.9 Å². The van der Waals surface area contributed by atoms with Gasteiger partial charge in [-0.05, 0) is 6.92 Å². The molecule has 1 heterocycles. The van der Waals surface area contributed by atoms with Gasteiger partial charge in [-0.15, -0.1) is 0 Å². The molecule has 0 aromatic rings. The first kappa shape index (κ1) is 12.0. The molecule has 1 N–H and O–H groups in total. The van der Waals surface area contributed by atoms with Crippen LogP contribution in [0, 0.1) is 5.41 Å². The summed E-state index contributed by atoms with van der Waals surface area (Å²) < 4.78 is 10.4. The van der Waals surface area contributed by atoms with E-state index >= 15 is 0 Å². The minimum absolute atomic E-state index is 0.355. The number of cyclic esters (lactones) is 1. The van der Waals surface area contributed by atoms with Crippen molar-refractivity contribution in [2.45, 2.75) is 46.0 Å². The Balaban J connectivity index is 2.80. The van der Waals surface area contributed by atoms with E-state index < -0.39 is 23.8 Å². The second-order valence-electron chi connectivity index (χ2n) is 5.02. The van der Waals surface area contributed by atoms with E-state index in [1.54, 1.807) is 0 Å². The first-order chi connectivity index (χ1) is 6.65. The lowest BCUT2D eigenvalue weighted by molar-refractivity contribution is -0.158. The quantitative estimate of drug-likeness (QED) is 0.701. The van der Waals surface area contributed by atoms with Gasteiger partial charge in [-0.1, -0.05) is 20.8 Å². The van der Waals surface area contributed by atoms with Crippen LogP contribution in [0.3, 0.4) is 0 Å². The first-order valence-corrected chi connectivity index (χ1v) is 4.76. The maximum Gasteiger partial charge on any atom is 0.341 e. The van der Waals surface area contributed by atoms with Crippen LogP contribution in [0.15, 0.2) is 0 Å². The molecule has 0 radical (unpaired) electrons. The number of rotatable bonds is 2. The van der Waals surface area contributed by atoms with E-state index in [1.165, 1.54) is 6.92 Å². The third-order valence-corrected chi connectivity index (χ3v) is 2.21. The standard InChI is InChI=1S/C10H16O5/c1-9(2,3)8-14-7(13)10(4,15-8)5-6(11)12/h8H,5H2,1-4H3,(H,11,12)/t8-,10+/m0/s1. The molecule has 1 aliphatic rings. The lowest BCUT2D eigenvalue weighted by Crippen LogP contribution is -2.36. The summed E-state index contributed by atoms with van der Waals surface area (Å²) in [5.74, 6) is -1.69. The highest BCUT2D eigenvalue weighted by Crippen LogP contribution is 2.36. The van der Waals surface area contributed by atoms with E-state index in [0.717, 1.165) is 0 Å². The molecule has 0 aromatic carbocycles. The van der Waals surface area contributed by atoms with Crippen molar-refractivity contribution in [1.29, 1.82) is 0 Å². The molecule has 1 rings (SSSR count). The summed E-state index contributed by atoms with van der Waals surface area (Å²) in [6.07, 6.45) is -1.06. The maximum absolute atomic E-state index is 11.5. The monoisotopic (exact) mass is 216 g/mol. The van der Waals surface area contributed by atoms with E-state index in [4.69, 9.17) is 14.6 Å². The van der Waals surface area contributed by atoms with Gasteiger partial charge in [0.2, 0.25) is 6.29 Å². The minimum atomic E-state index is -1.36. The fourth-order valence-electron chi connectivity index (χ4n) is 1.29. The van der Waals surface area contributed by atoms with Gasteiger partial charge in [-0.25, -0.2) is 4.79 Å². The fraction of sp³-hybridized carbons (Fsp3) is 0.800. The summed E-state index contributed by atoms with van der Waals surface area (Å²) in [4.78, 5) is 22.1. The van der Waals surface area contributed by atoms with Gasteiger partial charge in [-0.3, -0.25) is 4.79 Å². The minimum Gasteiger partial charge on any atom is -0.481 e. The molecule has 0 amide bonds. The van der Waals surface area contributed by atoms with Gasteiger partial charge >= 0.3 is 11.9 Å². The maximum atomic E-state index is 11.5. The average molecular weight is 216 g/mol. The Bertz CT molecular complexity index is 291. The summed E-state index contributed by atoms with van der Waals surface area (Å²) in [7, 11) is 0. The van der Waals surface area contributed by atoms with Crippen molar-refractivity contribution < 1.29 is 24.2 Å². The number of carbonyl (C=O) groups excluding carboxylic acids is 1. The largest absolute Gasteiger partial charge is 0.481 e. The topological polar surface area (TPSA) is 72.8 Å². The van der Waals surface area contributed by atoms with E-state index in [0.29, 0.717) is 0 Å². The third-order valence-electron chi connectivity index (χ3n) is 2.21. The second kappa shape index (κ2) is 3.48. The van der Waals surface area contributed by atoms with E-state index in [-0.39, 0.29) is 11.8 Å². The normalized spacial score (nSPS) is 31.5. The molecule has 15 heavy (non-hydrogen) atoms. The van der Waals surface area contributed by atoms with Gasteiger partial charge in [0.1, 0.15) is 0 Å². The van der Waals surface area contributed by atoms with Gasteiger partial charge < -0.3 is 14.6 Å². The Hall–Kier alpha value is -1.10. The van der Waals surface area contributed by atoms with Gasteiger partial charge in [0.05, 0.1) is 6.42 Å². The van der Waals surface area contributed by atoms with Crippen LogP contribution in [-0.4, -0.2) is 28.9 Å². The summed E-state index contributed by atoms with van der Waals surface area (Å²) in [6.45, 7) is 7.02. The van der Waals surface area contributed by atoms with Crippen molar-refractivity contribution in [2.75, 3.05) is 0 Å². The number of carbonyl (C=O) groups is 2. The van der Waals surface area contributed by atoms with Crippen LogP contribution >= 0.6 is 0 Å². The van der Waals surface area contributed by atoms with E-state index in [9.17, 15) is 9.59 Å². The van der Waals surface area contributed by atoms with Crippen molar-refractivity contribution in [1.82, 2.24) is 0 Å². The van der Waals surface area contributed by atoms with Crippen LogP contribution < -0.4 is 0 Å². The molecular formula is C10H16O5. The molecule has 5 nitrogen and oxygen atoms in total. The Morgan fingerprint density at radius 2 is 2.07 bits per heavy atom. The zero-order valence-electron chi connectivity index (χ0n) is 9.36. The second-order valence-corrected chi connectivity index (χ2v) is 5.02. The Labute approximate surface area is 88.4 Å². The molecular weight excluding hydrogens is 200 g/mol. The summed E-state index contributed by atoms with van der Waals surface area (Å²) >= 11 is 0. The van der Waals surface area contributed by atoms with Crippen molar-refractivity contribution in [3.63, 3.8) is 0 Å². The van der Waals surface area contributed by atoms with Gasteiger partial charge in [0.25, 0.3) is 0 Å². The molecule has 0 unspecified atom stereocenters. The summed E-state index contributed by atoms with van der Waals surface area (Å²) in [6, 6.07) is 0. The molecule has 0 aliphatic carbocycles. The third kappa shape index (κ3) is 2.47. The zero-order valence-corrected chi connectivity index (χ0v) is 9.36. The molecule has 0 bridgehead atoms. The number of carboxylic acid groups (broad SMARTS) is 1. The molecule has 2 atom stereocenters. The van der Waals surface area contributed by atoms with Gasteiger partial charge in [0, 0.05) is 5.41 Å². The highest BCUT2D eigenvalue weighted by Gasteiger charge is 2.51. The predicted molar refractivity (Wildman–Crippen MR) is 51.1 cm³/mol. The lowest BCUT2D eigenvalue weighted by atomic mass is 9.96. The Morgan fingerprint density at radius 3 is 2.40 bits per heavy atom. The van der Waals surface area contributed by atoms with Crippen molar-refractivity contribution in [2.24, 2.45) is 5.41 Å². The van der Waals surface area contributed by atoms with Crippen LogP contribution in [0.1, 0.15) is 34.1 Å². The van der Waals surface area contributed by atoms with E-state index in [1.807, 2.05) is 20.8 Å². The molecule has 1 aliphatic heterocycles. The number of ether oxygens (including phenoxy) is 2. The first-order valence-electron chi connectivity index (χ1n) is 4.76. The zero-order chi connectivity index (χ0) is 11.9. The Morgan fingerprint density at radius 1 is 1.53 bits per heavy atom. The van der Waals surface area contributed by atoms with Crippen LogP contribution in [0.4, 0.5) is 0 Å². The number of hydrogen-bond acceptors (Lipinski definition) is 4. The predicted octanol–water partition coefficient (Wildman–Crippen LogP) is 1.17. The molecule has 1 saturated heterocycles. The van der Waals surface area contributed by atoms with Crippen molar-refractivity contribution in [3.8, 4) is 0 Å². The van der Waals surface area contributed by atoms with Gasteiger partial charge in [0.15, 0.2) is 5.60 Å².